The average molecular weight is 573 g/mol. The number of nitro benzene ring substituents is 1. The first-order valence-corrected chi connectivity index (χ1v) is 14.1. The van der Waals surface area contributed by atoms with Crippen molar-refractivity contribution < 1.29 is 19.6 Å². The summed E-state index contributed by atoms with van der Waals surface area (Å²) >= 11 is 1.53. The predicted molar refractivity (Wildman–Crippen MR) is 162 cm³/mol. The molecule has 0 aliphatic heterocycles. The Morgan fingerprint density at radius 3 is 2.29 bits per heavy atom. The van der Waals surface area contributed by atoms with Gasteiger partial charge >= 0.3 is 5.97 Å². The molecule has 1 aliphatic rings. The van der Waals surface area contributed by atoms with Crippen molar-refractivity contribution in [3.05, 3.63) is 94.0 Å². The highest BCUT2D eigenvalue weighted by atomic mass is 32.1. The number of nitrogens with one attached hydrogen (secondary N) is 1. The maximum Gasteiger partial charge on any atom is 0.349 e. The molecule has 1 aliphatic carbocycles. The van der Waals surface area contributed by atoms with Crippen LogP contribution in [0, 0.1) is 15.5 Å². The lowest BCUT2D eigenvalue weighted by molar-refractivity contribution is -0.385. The van der Waals surface area contributed by atoms with Crippen molar-refractivity contribution >= 4 is 33.8 Å². The van der Waals surface area contributed by atoms with Crippen LogP contribution in [-0.4, -0.2) is 33.8 Å². The van der Waals surface area contributed by atoms with Crippen LogP contribution < -0.4 is 10.5 Å². The standard InChI is InChI=1S/C22H24N2OS.C9H8N2O4/c1-25-19-13-11-18(12-14-19)21-20(24-22(23)26-21)17-9-7-16(8-10-17)15-5-3-2-4-6-15;10-7(9(12)13)5-6-3-1-2-4-8(6)11(14)15/h7-15H,2-6H2,1H3,(H2,23,24);1-4,10H,5H2,(H,12,13). The Morgan fingerprint density at radius 2 is 1.68 bits per heavy atom. The Hall–Kier alpha value is -4.57. The average Bonchev–Trinajstić information content (AvgIpc) is 3.39. The Labute approximate surface area is 242 Å². The molecule has 5 rings (SSSR count). The van der Waals surface area contributed by atoms with Gasteiger partial charge in [0, 0.05) is 23.6 Å². The summed E-state index contributed by atoms with van der Waals surface area (Å²) in [5.41, 5.74) is 10.2. The first-order valence-electron chi connectivity index (χ1n) is 13.3. The van der Waals surface area contributed by atoms with E-state index in [1.165, 1.54) is 67.2 Å². The number of rotatable bonds is 8. The van der Waals surface area contributed by atoms with Gasteiger partial charge in [0.2, 0.25) is 0 Å². The first kappa shape index (κ1) is 29.4. The maximum atomic E-state index is 10.6. The van der Waals surface area contributed by atoms with E-state index in [0.29, 0.717) is 5.13 Å². The second kappa shape index (κ2) is 13.7. The normalized spacial score (nSPS) is 13.1. The lowest BCUT2D eigenvalue weighted by Crippen LogP contribution is -2.14. The molecule has 0 bridgehead atoms. The largest absolute Gasteiger partial charge is 0.497 e. The van der Waals surface area contributed by atoms with Crippen LogP contribution in [0.3, 0.4) is 0 Å². The minimum atomic E-state index is -1.37. The molecule has 0 atom stereocenters. The molecular weight excluding hydrogens is 540 g/mol. The molecule has 1 saturated carbocycles. The van der Waals surface area contributed by atoms with Gasteiger partial charge in [0.15, 0.2) is 5.13 Å². The second-order valence-electron chi connectivity index (χ2n) is 9.76. The first-order chi connectivity index (χ1) is 19.8. The highest BCUT2D eigenvalue weighted by molar-refractivity contribution is 7.19. The van der Waals surface area contributed by atoms with Crippen molar-refractivity contribution in [3.63, 3.8) is 0 Å². The number of nitrogen functional groups attached to an aromatic ring is 1. The number of aromatic nitrogens is 1. The smallest absolute Gasteiger partial charge is 0.349 e. The van der Waals surface area contributed by atoms with Gasteiger partial charge in [-0.15, -0.1) is 0 Å². The molecule has 0 unspecified atom stereocenters. The lowest BCUT2D eigenvalue weighted by atomic mass is 9.84. The molecule has 10 heteroatoms. The third-order valence-corrected chi connectivity index (χ3v) is 8.00. The van der Waals surface area contributed by atoms with E-state index >= 15 is 0 Å². The van der Waals surface area contributed by atoms with Crippen LogP contribution >= 0.6 is 11.3 Å². The van der Waals surface area contributed by atoms with Gasteiger partial charge in [0.25, 0.3) is 5.69 Å². The molecule has 4 aromatic rings. The van der Waals surface area contributed by atoms with E-state index in [1.807, 2.05) is 12.1 Å². The number of aliphatic carboxylic acids is 1. The zero-order chi connectivity index (χ0) is 29.4. The van der Waals surface area contributed by atoms with Crippen molar-refractivity contribution in [2.75, 3.05) is 12.8 Å². The number of methoxy groups -OCH3 is 1. The summed E-state index contributed by atoms with van der Waals surface area (Å²) in [6, 6.07) is 22.8. The molecule has 212 valence electrons. The van der Waals surface area contributed by atoms with Gasteiger partial charge < -0.3 is 15.6 Å². The fourth-order valence-electron chi connectivity index (χ4n) is 4.92. The minimum absolute atomic E-state index is 0.163. The number of nitro groups is 1. The van der Waals surface area contributed by atoms with Gasteiger partial charge in [-0.25, -0.2) is 9.78 Å². The highest BCUT2D eigenvalue weighted by Crippen LogP contribution is 2.39. The van der Waals surface area contributed by atoms with Crippen molar-refractivity contribution in [1.29, 1.82) is 5.41 Å². The van der Waals surface area contributed by atoms with Gasteiger partial charge in [0.1, 0.15) is 11.5 Å². The predicted octanol–water partition coefficient (Wildman–Crippen LogP) is 7.36. The zero-order valence-corrected chi connectivity index (χ0v) is 23.5. The van der Waals surface area contributed by atoms with Crippen LogP contribution in [0.4, 0.5) is 10.8 Å². The van der Waals surface area contributed by atoms with E-state index in [2.05, 4.69) is 41.4 Å². The number of nitrogens with zero attached hydrogens (tertiary/aromatic N) is 2. The van der Waals surface area contributed by atoms with Crippen molar-refractivity contribution in [1.82, 2.24) is 4.98 Å². The molecular formula is C31H32N4O5S. The minimum Gasteiger partial charge on any atom is -0.497 e. The van der Waals surface area contributed by atoms with Crippen molar-refractivity contribution in [2.24, 2.45) is 0 Å². The molecule has 3 aromatic carbocycles. The number of anilines is 1. The van der Waals surface area contributed by atoms with Gasteiger partial charge in [-0.05, 0) is 54.2 Å². The molecule has 41 heavy (non-hydrogen) atoms. The number of nitrogens with two attached hydrogens (primary N) is 1. The Kier molecular flexibility index (Phi) is 9.81. The van der Waals surface area contributed by atoms with Gasteiger partial charge in [-0.2, -0.15) is 0 Å². The van der Waals surface area contributed by atoms with Gasteiger partial charge in [0.05, 0.1) is 22.6 Å². The Balaban J connectivity index is 0.000000221. The van der Waals surface area contributed by atoms with Crippen LogP contribution in [0.25, 0.3) is 21.7 Å². The van der Waals surface area contributed by atoms with Crippen LogP contribution in [0.1, 0.15) is 49.1 Å². The molecule has 4 N–H and O–H groups in total. The van der Waals surface area contributed by atoms with Crippen LogP contribution in [0.5, 0.6) is 5.75 Å². The number of carbonyl (C=O) groups is 1. The second-order valence-corrected chi connectivity index (χ2v) is 10.8. The Bertz CT molecular complexity index is 1510. The fourth-order valence-corrected chi connectivity index (χ4v) is 5.78. The number of carboxylic acid groups (broad SMARTS) is 1. The third kappa shape index (κ3) is 7.55. The van der Waals surface area contributed by atoms with E-state index < -0.39 is 16.6 Å². The van der Waals surface area contributed by atoms with E-state index in [-0.39, 0.29) is 17.7 Å². The molecule has 0 radical (unpaired) electrons. The van der Waals surface area contributed by atoms with E-state index in [9.17, 15) is 14.9 Å². The zero-order valence-electron chi connectivity index (χ0n) is 22.7. The summed E-state index contributed by atoms with van der Waals surface area (Å²) in [7, 11) is 1.68. The number of carboxylic acids is 1. The molecule has 9 nitrogen and oxygen atoms in total. The van der Waals surface area contributed by atoms with Crippen LogP contribution in [-0.2, 0) is 11.2 Å². The fraction of sp³-hybridized carbons (Fsp3) is 0.258. The molecule has 1 fully saturated rings. The maximum absolute atomic E-state index is 10.6. The number of hydrogen-bond acceptors (Lipinski definition) is 8. The van der Waals surface area contributed by atoms with Gasteiger partial charge in [-0.1, -0.05) is 73.1 Å². The molecule has 0 spiro atoms. The summed E-state index contributed by atoms with van der Waals surface area (Å²) in [5, 5.41) is 26.7. The number of hydrogen-bond donors (Lipinski definition) is 3. The summed E-state index contributed by atoms with van der Waals surface area (Å²) in [4.78, 5) is 26.1. The van der Waals surface area contributed by atoms with Gasteiger partial charge in [-0.3, -0.25) is 15.5 Å². The topological polar surface area (TPSA) is 152 Å². The SMILES string of the molecule is COc1ccc(-c2sc(N)nc2-c2ccc(C3CCCCC3)cc2)cc1.N=C(Cc1ccccc1[N+](=O)[O-])C(=O)O. The lowest BCUT2D eigenvalue weighted by Gasteiger charge is -2.22. The molecule has 0 amide bonds. The summed E-state index contributed by atoms with van der Waals surface area (Å²) in [5.74, 6) is 0.206. The Morgan fingerprint density at radius 1 is 1.05 bits per heavy atom. The highest BCUT2D eigenvalue weighted by Gasteiger charge is 2.18. The van der Waals surface area contributed by atoms with E-state index in [4.69, 9.17) is 21.0 Å². The van der Waals surface area contributed by atoms with Crippen LogP contribution in [0.2, 0.25) is 0 Å². The number of para-hydroxylation sites is 1. The molecule has 1 heterocycles. The summed E-state index contributed by atoms with van der Waals surface area (Å²) in [6.45, 7) is 0. The molecule has 0 saturated heterocycles. The summed E-state index contributed by atoms with van der Waals surface area (Å²) < 4.78 is 5.26. The monoisotopic (exact) mass is 572 g/mol. The van der Waals surface area contributed by atoms with E-state index in [0.717, 1.165) is 33.4 Å². The van der Waals surface area contributed by atoms with Crippen molar-refractivity contribution in [3.8, 4) is 27.4 Å². The van der Waals surface area contributed by atoms with E-state index in [1.54, 1.807) is 13.2 Å². The molecule has 1 aromatic heterocycles. The number of benzene rings is 3. The van der Waals surface area contributed by atoms with Crippen LogP contribution in [0.15, 0.2) is 72.8 Å². The third-order valence-electron chi connectivity index (χ3n) is 7.07. The number of ether oxygens (including phenoxy) is 1. The summed E-state index contributed by atoms with van der Waals surface area (Å²) in [6.07, 6.45) is 6.50. The number of thiazole rings is 1. The van der Waals surface area contributed by atoms with Crippen molar-refractivity contribution in [2.45, 2.75) is 44.4 Å². The quantitative estimate of drug-likeness (QED) is 0.113.